The van der Waals surface area contributed by atoms with Crippen molar-refractivity contribution in [2.45, 2.75) is 90.8 Å². The van der Waals surface area contributed by atoms with Crippen molar-refractivity contribution < 1.29 is 33.0 Å². The molecule has 0 unspecified atom stereocenters. The van der Waals surface area contributed by atoms with Crippen molar-refractivity contribution in [3.8, 4) is 16.9 Å². The summed E-state index contributed by atoms with van der Waals surface area (Å²) >= 11 is 0. The second kappa shape index (κ2) is 15.1. The van der Waals surface area contributed by atoms with Gasteiger partial charge in [-0.25, -0.2) is 9.18 Å². The number of carbonyl (C=O) groups is 3. The van der Waals surface area contributed by atoms with Gasteiger partial charge in [0.05, 0.1) is 12.6 Å². The highest BCUT2D eigenvalue weighted by molar-refractivity contribution is 5.97. The van der Waals surface area contributed by atoms with Crippen molar-refractivity contribution in [1.82, 2.24) is 9.80 Å². The van der Waals surface area contributed by atoms with Crippen molar-refractivity contribution in [3.05, 3.63) is 47.8 Å². The highest BCUT2D eigenvalue weighted by atomic mass is 19.1. The molecule has 10 heteroatoms. The minimum Gasteiger partial charge on any atom is -0.493 e. The number of nitrogens with zero attached hydrogens (tertiary/aromatic N) is 3. The van der Waals surface area contributed by atoms with E-state index in [0.717, 1.165) is 25.7 Å². The van der Waals surface area contributed by atoms with Crippen LogP contribution in [0.25, 0.3) is 11.1 Å². The third kappa shape index (κ3) is 8.75. The Kier molecular flexibility index (Phi) is 11.5. The first-order valence-electron chi connectivity index (χ1n) is 16.1. The lowest BCUT2D eigenvalue weighted by atomic mass is 9.98. The number of piperidine rings is 2. The first kappa shape index (κ1) is 34.2. The van der Waals surface area contributed by atoms with E-state index in [2.05, 4.69) is 0 Å². The first-order valence-corrected chi connectivity index (χ1v) is 16.1. The van der Waals surface area contributed by atoms with Crippen molar-refractivity contribution in [2.24, 2.45) is 0 Å². The summed E-state index contributed by atoms with van der Waals surface area (Å²) in [5.41, 5.74) is 1.23. The summed E-state index contributed by atoms with van der Waals surface area (Å²) in [5, 5.41) is 0. The van der Waals surface area contributed by atoms with Gasteiger partial charge in [0.25, 0.3) is 5.91 Å². The maximum Gasteiger partial charge on any atom is 0.410 e. The third-order valence-corrected chi connectivity index (χ3v) is 8.09. The smallest absolute Gasteiger partial charge is 0.410 e. The molecular formula is C35H48FN3O6. The van der Waals surface area contributed by atoms with E-state index < -0.39 is 11.4 Å². The summed E-state index contributed by atoms with van der Waals surface area (Å²) in [5.74, 6) is -0.238. The van der Waals surface area contributed by atoms with Crippen LogP contribution in [0.4, 0.5) is 14.9 Å². The molecule has 45 heavy (non-hydrogen) atoms. The number of carbonyl (C=O) groups excluding carboxylic acids is 3. The molecule has 2 fully saturated rings. The molecule has 4 rings (SSSR count). The highest BCUT2D eigenvalue weighted by Crippen LogP contribution is 2.37. The SMILES string of the molecule is COCCCOc1cc(C(=O)N(C(C)C)[C@@H]2CCCN(C(=O)OC(C)(C)C)C2)ccc1-c1cc(N2CCCCC2=O)ccc1F. The standard InChI is InChI=1S/C35H48FN3O6/c1-24(2)39(27-11-9-17-37(23-27)34(42)45-35(3,4)5)33(41)25-13-15-28(31(21-25)44-20-10-19-43-6)29-22-26(14-16-30(29)36)38-18-8-7-12-32(38)40/h13-16,21-22,24,27H,7-12,17-20,23H2,1-6H3/t27-/m1/s1. The molecule has 2 aliphatic heterocycles. The van der Waals surface area contributed by atoms with E-state index in [1.807, 2.05) is 39.5 Å². The van der Waals surface area contributed by atoms with Gasteiger partial charge in [-0.1, -0.05) is 0 Å². The number of anilines is 1. The van der Waals surface area contributed by atoms with Gasteiger partial charge in [0.1, 0.15) is 17.2 Å². The van der Waals surface area contributed by atoms with Crippen molar-refractivity contribution in [3.63, 3.8) is 0 Å². The Morgan fingerprint density at radius 3 is 2.49 bits per heavy atom. The Morgan fingerprint density at radius 2 is 1.80 bits per heavy atom. The number of amides is 3. The molecule has 2 saturated heterocycles. The summed E-state index contributed by atoms with van der Waals surface area (Å²) in [4.78, 5) is 44.8. The van der Waals surface area contributed by atoms with E-state index in [-0.39, 0.29) is 30.0 Å². The molecule has 2 aromatic carbocycles. The molecular weight excluding hydrogens is 577 g/mol. The normalized spacial score (nSPS) is 17.4. The lowest BCUT2D eigenvalue weighted by Crippen LogP contribution is -2.54. The Hall–Kier alpha value is -3.66. The minimum atomic E-state index is -0.610. The van der Waals surface area contributed by atoms with Crippen LogP contribution in [0.15, 0.2) is 36.4 Å². The molecule has 0 aliphatic carbocycles. The monoisotopic (exact) mass is 625 g/mol. The zero-order chi connectivity index (χ0) is 32.7. The van der Waals surface area contributed by atoms with Gasteiger partial charge < -0.3 is 28.9 Å². The number of benzene rings is 2. The molecule has 0 aromatic heterocycles. The van der Waals surface area contributed by atoms with E-state index in [0.29, 0.717) is 73.8 Å². The van der Waals surface area contributed by atoms with Gasteiger partial charge in [0.15, 0.2) is 0 Å². The lowest BCUT2D eigenvalue weighted by molar-refractivity contribution is -0.119. The molecule has 2 heterocycles. The Morgan fingerprint density at radius 1 is 1.02 bits per heavy atom. The predicted octanol–water partition coefficient (Wildman–Crippen LogP) is 6.68. The zero-order valence-electron chi connectivity index (χ0n) is 27.6. The largest absolute Gasteiger partial charge is 0.493 e. The average Bonchev–Trinajstić information content (AvgIpc) is 2.99. The van der Waals surface area contributed by atoms with Gasteiger partial charge in [0, 0.05) is 74.6 Å². The molecule has 0 saturated carbocycles. The van der Waals surface area contributed by atoms with E-state index in [4.69, 9.17) is 14.2 Å². The number of likely N-dealkylation sites (tertiary alicyclic amines) is 1. The fourth-order valence-electron chi connectivity index (χ4n) is 5.99. The molecule has 9 nitrogen and oxygen atoms in total. The number of halogens is 1. The summed E-state index contributed by atoms with van der Waals surface area (Å²) in [6, 6.07) is 9.44. The number of methoxy groups -OCH3 is 1. The van der Waals surface area contributed by atoms with Crippen LogP contribution in [0.2, 0.25) is 0 Å². The zero-order valence-corrected chi connectivity index (χ0v) is 27.6. The van der Waals surface area contributed by atoms with E-state index in [9.17, 15) is 14.4 Å². The third-order valence-electron chi connectivity index (χ3n) is 8.09. The average molecular weight is 626 g/mol. The molecule has 0 radical (unpaired) electrons. The summed E-state index contributed by atoms with van der Waals surface area (Å²) < 4.78 is 32.3. The van der Waals surface area contributed by atoms with E-state index >= 15 is 4.39 Å². The molecule has 3 amide bonds. The first-order chi connectivity index (χ1) is 21.4. The Labute approximate surface area is 266 Å². The number of rotatable bonds is 10. The predicted molar refractivity (Wildman–Crippen MR) is 172 cm³/mol. The number of ether oxygens (including phenoxy) is 3. The van der Waals surface area contributed by atoms with Gasteiger partial charge in [-0.3, -0.25) is 9.59 Å². The maximum absolute atomic E-state index is 15.4. The second-order valence-corrected chi connectivity index (χ2v) is 13.1. The van der Waals surface area contributed by atoms with Gasteiger partial charge in [-0.2, -0.15) is 0 Å². The van der Waals surface area contributed by atoms with Gasteiger partial charge in [-0.05, 0) is 96.7 Å². The van der Waals surface area contributed by atoms with Crippen molar-refractivity contribution in [2.75, 3.05) is 44.9 Å². The van der Waals surface area contributed by atoms with Crippen LogP contribution in [0.3, 0.4) is 0 Å². The van der Waals surface area contributed by atoms with Gasteiger partial charge in [0.2, 0.25) is 5.91 Å². The fraction of sp³-hybridized carbons (Fsp3) is 0.571. The van der Waals surface area contributed by atoms with Crippen molar-refractivity contribution >= 4 is 23.6 Å². The van der Waals surface area contributed by atoms with E-state index in [1.165, 1.54) is 6.07 Å². The summed E-state index contributed by atoms with van der Waals surface area (Å²) in [6.07, 6.45) is 3.96. The topological polar surface area (TPSA) is 88.6 Å². The summed E-state index contributed by atoms with van der Waals surface area (Å²) in [6.45, 7) is 11.8. The van der Waals surface area contributed by atoms with Crippen LogP contribution in [0.1, 0.15) is 83.5 Å². The van der Waals surface area contributed by atoms with Crippen molar-refractivity contribution in [1.29, 1.82) is 0 Å². The second-order valence-electron chi connectivity index (χ2n) is 13.1. The number of hydrogen-bond donors (Lipinski definition) is 0. The van der Waals surface area contributed by atoms with Crippen LogP contribution in [-0.2, 0) is 14.3 Å². The van der Waals surface area contributed by atoms with Gasteiger partial charge >= 0.3 is 6.09 Å². The molecule has 0 bridgehead atoms. The minimum absolute atomic E-state index is 0.0255. The Balaban J connectivity index is 1.65. The van der Waals surface area contributed by atoms with Gasteiger partial charge in [-0.15, -0.1) is 0 Å². The van der Waals surface area contributed by atoms with Crippen LogP contribution in [-0.4, -0.2) is 85.3 Å². The van der Waals surface area contributed by atoms with Crippen LogP contribution in [0.5, 0.6) is 5.75 Å². The highest BCUT2D eigenvalue weighted by Gasteiger charge is 2.34. The lowest BCUT2D eigenvalue weighted by Gasteiger charge is -2.41. The Bertz CT molecular complexity index is 1360. The van der Waals surface area contributed by atoms with Crippen LogP contribution >= 0.6 is 0 Å². The molecule has 2 aliphatic rings. The van der Waals surface area contributed by atoms with Crippen LogP contribution < -0.4 is 9.64 Å². The van der Waals surface area contributed by atoms with E-state index in [1.54, 1.807) is 47.2 Å². The summed E-state index contributed by atoms with van der Waals surface area (Å²) in [7, 11) is 1.61. The molecule has 246 valence electrons. The fourth-order valence-corrected chi connectivity index (χ4v) is 5.99. The van der Waals surface area contributed by atoms with Crippen LogP contribution in [0, 0.1) is 5.82 Å². The quantitative estimate of drug-likeness (QED) is 0.274. The molecule has 1 atom stereocenters. The molecule has 0 N–H and O–H groups in total. The molecule has 2 aromatic rings. The molecule has 0 spiro atoms. The maximum atomic E-state index is 15.4. The number of hydrogen-bond acceptors (Lipinski definition) is 6.